The van der Waals surface area contributed by atoms with Crippen LogP contribution in [0.25, 0.3) is 0 Å². The lowest BCUT2D eigenvalue weighted by Crippen LogP contribution is -2.29. The van der Waals surface area contributed by atoms with Crippen LogP contribution in [0.1, 0.15) is 44.7 Å². The van der Waals surface area contributed by atoms with E-state index in [4.69, 9.17) is 0 Å². The third kappa shape index (κ3) is 7.02. The van der Waals surface area contributed by atoms with Crippen molar-refractivity contribution < 1.29 is 9.50 Å². The lowest BCUT2D eigenvalue weighted by atomic mass is 10.0. The van der Waals surface area contributed by atoms with Crippen LogP contribution in [0.3, 0.4) is 0 Å². The highest BCUT2D eigenvalue weighted by molar-refractivity contribution is 5.21. The van der Waals surface area contributed by atoms with E-state index in [9.17, 15) is 9.50 Å². The number of nitrogens with zero attached hydrogens (tertiary/aromatic N) is 1. The summed E-state index contributed by atoms with van der Waals surface area (Å²) in [5.74, 6) is -0.141. The third-order valence-corrected chi connectivity index (χ3v) is 3.65. The van der Waals surface area contributed by atoms with E-state index in [2.05, 4.69) is 17.1 Å². The van der Waals surface area contributed by atoms with Gasteiger partial charge in [-0.2, -0.15) is 0 Å². The van der Waals surface area contributed by atoms with Crippen molar-refractivity contribution in [3.05, 3.63) is 35.6 Å². The topological polar surface area (TPSA) is 35.5 Å². The Morgan fingerprint density at radius 3 is 2.52 bits per heavy atom. The molecule has 0 saturated heterocycles. The van der Waals surface area contributed by atoms with Crippen molar-refractivity contribution in [2.24, 2.45) is 0 Å². The minimum absolute atomic E-state index is 0.0418. The van der Waals surface area contributed by atoms with E-state index in [1.807, 2.05) is 19.2 Å². The van der Waals surface area contributed by atoms with Crippen molar-refractivity contribution in [1.82, 2.24) is 10.2 Å². The maximum Gasteiger partial charge on any atom is 0.127 e. The van der Waals surface area contributed by atoms with Crippen LogP contribution in [-0.2, 0) is 0 Å². The zero-order valence-corrected chi connectivity index (χ0v) is 13.5. The normalized spacial score (nSPS) is 14.4. The van der Waals surface area contributed by atoms with Crippen molar-refractivity contribution >= 4 is 0 Å². The van der Waals surface area contributed by atoms with Crippen LogP contribution in [0, 0.1) is 5.82 Å². The molecule has 0 aliphatic carbocycles. The van der Waals surface area contributed by atoms with Gasteiger partial charge >= 0.3 is 0 Å². The van der Waals surface area contributed by atoms with Crippen molar-refractivity contribution in [1.29, 1.82) is 0 Å². The van der Waals surface area contributed by atoms with E-state index in [0.717, 1.165) is 44.5 Å². The van der Waals surface area contributed by atoms with Crippen LogP contribution in [0.5, 0.6) is 0 Å². The van der Waals surface area contributed by atoms with Gasteiger partial charge in [0.05, 0.1) is 6.10 Å². The van der Waals surface area contributed by atoms with Gasteiger partial charge in [0, 0.05) is 18.2 Å². The largest absolute Gasteiger partial charge is 0.393 e. The van der Waals surface area contributed by atoms with Crippen molar-refractivity contribution in [3.63, 3.8) is 0 Å². The molecule has 0 aromatic heterocycles. The zero-order valence-electron chi connectivity index (χ0n) is 13.5. The first-order chi connectivity index (χ1) is 10.0. The molecule has 2 unspecified atom stereocenters. The predicted octanol–water partition coefficient (Wildman–Crippen LogP) is 2.96. The molecule has 0 fully saturated rings. The molecule has 1 aromatic carbocycles. The molecule has 0 aliphatic rings. The molecule has 1 rings (SSSR count). The molecule has 0 saturated carbocycles. The number of hydrogen-bond acceptors (Lipinski definition) is 3. The number of aliphatic hydroxyl groups excluding tert-OH is 1. The quantitative estimate of drug-likeness (QED) is 0.697. The molecule has 0 heterocycles. The van der Waals surface area contributed by atoms with E-state index in [1.54, 1.807) is 13.0 Å². The molecule has 0 amide bonds. The van der Waals surface area contributed by atoms with E-state index < -0.39 is 0 Å². The molecular weight excluding hydrogens is 267 g/mol. The van der Waals surface area contributed by atoms with E-state index >= 15 is 0 Å². The van der Waals surface area contributed by atoms with E-state index in [0.29, 0.717) is 0 Å². The first kappa shape index (κ1) is 18.1. The van der Waals surface area contributed by atoms with E-state index in [-0.39, 0.29) is 18.0 Å². The maximum absolute atomic E-state index is 14.0. The average molecular weight is 296 g/mol. The van der Waals surface area contributed by atoms with Gasteiger partial charge in [-0.15, -0.1) is 0 Å². The summed E-state index contributed by atoms with van der Waals surface area (Å²) in [7, 11) is 2.04. The first-order valence-electron chi connectivity index (χ1n) is 7.89. The molecule has 0 bridgehead atoms. The lowest BCUT2D eigenvalue weighted by molar-refractivity contribution is 0.163. The van der Waals surface area contributed by atoms with Gasteiger partial charge in [-0.25, -0.2) is 4.39 Å². The Labute approximate surface area is 128 Å². The molecule has 1 aromatic rings. The Morgan fingerprint density at radius 1 is 1.24 bits per heavy atom. The maximum atomic E-state index is 14.0. The van der Waals surface area contributed by atoms with Gasteiger partial charge in [0.2, 0.25) is 0 Å². The molecule has 0 radical (unpaired) electrons. The van der Waals surface area contributed by atoms with Gasteiger partial charge in [0.25, 0.3) is 0 Å². The summed E-state index contributed by atoms with van der Waals surface area (Å²) in [6, 6.07) is 7.03. The molecule has 21 heavy (non-hydrogen) atoms. The Kier molecular flexibility index (Phi) is 8.50. The molecule has 0 spiro atoms. The summed E-state index contributed by atoms with van der Waals surface area (Å²) in [4.78, 5) is 2.19. The fraction of sp³-hybridized carbons (Fsp3) is 0.647. The second-order valence-corrected chi connectivity index (χ2v) is 5.76. The number of nitrogens with one attached hydrogen (secondary N) is 1. The van der Waals surface area contributed by atoms with Gasteiger partial charge < -0.3 is 15.3 Å². The zero-order chi connectivity index (χ0) is 15.7. The standard InChI is InChI=1S/C17H29FN2O/c1-4-11-19-17(15-7-5-6-8-16(15)18)10-13-20(3)12-9-14(2)21/h5-8,14,17,19,21H,4,9-13H2,1-3H3. The summed E-state index contributed by atoms with van der Waals surface area (Å²) in [5.41, 5.74) is 0.745. The van der Waals surface area contributed by atoms with E-state index in [1.165, 1.54) is 6.07 Å². The predicted molar refractivity (Wildman–Crippen MR) is 85.8 cm³/mol. The van der Waals surface area contributed by atoms with Crippen molar-refractivity contribution in [3.8, 4) is 0 Å². The first-order valence-corrected chi connectivity index (χ1v) is 7.89. The summed E-state index contributed by atoms with van der Waals surface area (Å²) in [5, 5.41) is 12.8. The Morgan fingerprint density at radius 2 is 1.90 bits per heavy atom. The van der Waals surface area contributed by atoms with Crippen LogP contribution < -0.4 is 5.32 Å². The molecule has 3 nitrogen and oxygen atoms in total. The number of halogens is 1. The highest BCUT2D eigenvalue weighted by atomic mass is 19.1. The number of hydrogen-bond donors (Lipinski definition) is 2. The molecule has 2 atom stereocenters. The molecule has 2 N–H and O–H groups in total. The van der Waals surface area contributed by atoms with Gasteiger partial charge in [0.15, 0.2) is 0 Å². The van der Waals surface area contributed by atoms with Gasteiger partial charge in [-0.05, 0) is 52.4 Å². The lowest BCUT2D eigenvalue weighted by Gasteiger charge is -2.23. The Balaban J connectivity index is 2.56. The third-order valence-electron chi connectivity index (χ3n) is 3.65. The highest BCUT2D eigenvalue weighted by Crippen LogP contribution is 2.20. The summed E-state index contributed by atoms with van der Waals surface area (Å²) in [6.45, 7) is 6.53. The second-order valence-electron chi connectivity index (χ2n) is 5.76. The van der Waals surface area contributed by atoms with Gasteiger partial charge in [0.1, 0.15) is 5.82 Å². The van der Waals surface area contributed by atoms with Crippen molar-refractivity contribution in [2.75, 3.05) is 26.7 Å². The second kappa shape index (κ2) is 9.87. The van der Waals surface area contributed by atoms with Crippen LogP contribution >= 0.6 is 0 Å². The highest BCUT2D eigenvalue weighted by Gasteiger charge is 2.15. The molecular formula is C17H29FN2O. The summed E-state index contributed by atoms with van der Waals surface area (Å²) < 4.78 is 14.0. The van der Waals surface area contributed by atoms with Crippen LogP contribution in [-0.4, -0.2) is 42.8 Å². The van der Waals surface area contributed by atoms with Crippen LogP contribution in [0.4, 0.5) is 4.39 Å². The average Bonchev–Trinajstić information content (AvgIpc) is 2.46. The Hall–Kier alpha value is -0.970. The summed E-state index contributed by atoms with van der Waals surface area (Å²) in [6.07, 6.45) is 2.39. The van der Waals surface area contributed by atoms with Crippen LogP contribution in [0.2, 0.25) is 0 Å². The molecule has 120 valence electrons. The fourth-order valence-electron chi connectivity index (χ4n) is 2.31. The minimum Gasteiger partial charge on any atom is -0.393 e. The summed E-state index contributed by atoms with van der Waals surface area (Å²) >= 11 is 0. The smallest absolute Gasteiger partial charge is 0.127 e. The SMILES string of the molecule is CCCNC(CCN(C)CCC(C)O)c1ccccc1F. The van der Waals surface area contributed by atoms with Gasteiger partial charge in [-0.3, -0.25) is 0 Å². The van der Waals surface area contributed by atoms with Crippen LogP contribution in [0.15, 0.2) is 24.3 Å². The number of aliphatic hydroxyl groups is 1. The molecule has 4 heteroatoms. The minimum atomic E-state index is -0.270. The number of rotatable bonds is 10. The monoisotopic (exact) mass is 296 g/mol. The number of benzene rings is 1. The Bertz CT molecular complexity index is 398. The molecule has 0 aliphatic heterocycles. The van der Waals surface area contributed by atoms with Crippen molar-refractivity contribution in [2.45, 2.75) is 45.3 Å². The van der Waals surface area contributed by atoms with Gasteiger partial charge in [-0.1, -0.05) is 25.1 Å². The fourth-order valence-corrected chi connectivity index (χ4v) is 2.31.